The van der Waals surface area contributed by atoms with Gasteiger partial charge in [-0.25, -0.2) is 4.68 Å². The van der Waals surface area contributed by atoms with Crippen LogP contribution in [-0.4, -0.2) is 58.9 Å². The van der Waals surface area contributed by atoms with Gasteiger partial charge in [-0.15, -0.1) is 0 Å². The van der Waals surface area contributed by atoms with Crippen molar-refractivity contribution in [2.45, 2.75) is 20.3 Å². The molecule has 1 fully saturated rings. The van der Waals surface area contributed by atoms with Crippen LogP contribution in [0.2, 0.25) is 0 Å². The first kappa shape index (κ1) is 21.5. The van der Waals surface area contributed by atoms with Crippen LogP contribution < -0.4 is 9.64 Å². The van der Waals surface area contributed by atoms with Crippen LogP contribution in [0.25, 0.3) is 16.0 Å². The summed E-state index contributed by atoms with van der Waals surface area (Å²) in [5.41, 5.74) is 4.81. The molecule has 8 heteroatoms. The molecule has 0 atom stereocenters. The van der Waals surface area contributed by atoms with Gasteiger partial charge in [0.2, 0.25) is 0 Å². The molecule has 0 aliphatic carbocycles. The number of carbonyl (C=O) groups is 1. The van der Waals surface area contributed by atoms with E-state index in [1.165, 1.54) is 5.56 Å². The molecule has 4 aromatic rings. The molecule has 0 spiro atoms. The molecule has 1 amide bonds. The van der Waals surface area contributed by atoms with Crippen molar-refractivity contribution in [3.8, 4) is 11.4 Å². The summed E-state index contributed by atoms with van der Waals surface area (Å²) in [6.07, 6.45) is 0.904. The van der Waals surface area contributed by atoms with Gasteiger partial charge in [0.1, 0.15) is 5.75 Å². The first-order chi connectivity index (χ1) is 16.0. The maximum atomic E-state index is 13.0. The van der Waals surface area contributed by atoms with E-state index in [0.717, 1.165) is 58.7 Å². The zero-order valence-electron chi connectivity index (χ0n) is 19.1. The Morgan fingerprint density at radius 2 is 1.73 bits per heavy atom. The summed E-state index contributed by atoms with van der Waals surface area (Å²) in [5, 5.41) is 5.71. The number of ether oxygens (including phenoxy) is 1. The molecule has 0 unspecified atom stereocenters. The lowest BCUT2D eigenvalue weighted by atomic mass is 10.2. The highest BCUT2D eigenvalue weighted by Gasteiger charge is 2.24. The topological polar surface area (TPSA) is 63.5 Å². The van der Waals surface area contributed by atoms with Crippen LogP contribution in [0.3, 0.4) is 0 Å². The molecule has 0 bridgehead atoms. The van der Waals surface area contributed by atoms with E-state index in [1.54, 1.807) is 18.4 Å². The van der Waals surface area contributed by atoms with Gasteiger partial charge < -0.3 is 14.5 Å². The van der Waals surface area contributed by atoms with Crippen molar-refractivity contribution in [3.63, 3.8) is 0 Å². The van der Waals surface area contributed by atoms with Gasteiger partial charge in [0, 0.05) is 31.7 Å². The molecule has 0 radical (unpaired) electrons. The Bertz CT molecular complexity index is 1280. The largest absolute Gasteiger partial charge is 0.497 e. The second-order valence-electron chi connectivity index (χ2n) is 8.34. The normalized spacial score (nSPS) is 14.5. The highest BCUT2D eigenvalue weighted by atomic mass is 32.1. The number of thiazole rings is 1. The number of anilines is 1. The number of hydrogen-bond acceptors (Lipinski definition) is 6. The van der Waals surface area contributed by atoms with Gasteiger partial charge in [-0.1, -0.05) is 29.0 Å². The van der Waals surface area contributed by atoms with Gasteiger partial charge in [-0.05, 0) is 56.7 Å². The number of amides is 1. The predicted molar refractivity (Wildman–Crippen MR) is 132 cm³/mol. The average molecular weight is 462 g/mol. The number of aryl methyl sites for hydroxylation is 2. The Hall–Kier alpha value is -3.39. The number of fused-ring (bicyclic) bond motifs is 1. The van der Waals surface area contributed by atoms with Crippen LogP contribution in [0.1, 0.15) is 28.0 Å². The van der Waals surface area contributed by atoms with E-state index < -0.39 is 0 Å². The monoisotopic (exact) mass is 461 g/mol. The minimum atomic E-state index is 0.0645. The fourth-order valence-electron chi connectivity index (χ4n) is 4.15. The van der Waals surface area contributed by atoms with Crippen LogP contribution in [-0.2, 0) is 0 Å². The zero-order valence-corrected chi connectivity index (χ0v) is 19.9. The SMILES string of the molecule is COc1ccc(C(=O)N2CCCN(c3nc4c(s3)c(C)nn4-c3ccc(C)cc3)CC2)cc1. The number of benzene rings is 2. The number of aromatic nitrogens is 3. The molecule has 1 aliphatic heterocycles. The maximum Gasteiger partial charge on any atom is 0.253 e. The molecular weight excluding hydrogens is 434 g/mol. The molecule has 7 nitrogen and oxygen atoms in total. The van der Waals surface area contributed by atoms with E-state index in [-0.39, 0.29) is 5.91 Å². The molecule has 33 heavy (non-hydrogen) atoms. The van der Waals surface area contributed by atoms with Crippen molar-refractivity contribution >= 4 is 32.7 Å². The van der Waals surface area contributed by atoms with Gasteiger partial charge in [-0.3, -0.25) is 4.79 Å². The number of rotatable bonds is 4. The smallest absolute Gasteiger partial charge is 0.253 e. The third kappa shape index (κ3) is 4.18. The van der Waals surface area contributed by atoms with Gasteiger partial charge in [0.15, 0.2) is 10.8 Å². The molecule has 1 aliphatic rings. The predicted octanol–water partition coefficient (Wildman–Crippen LogP) is 4.46. The van der Waals surface area contributed by atoms with Crippen molar-refractivity contribution in [3.05, 3.63) is 65.4 Å². The van der Waals surface area contributed by atoms with E-state index in [0.29, 0.717) is 12.1 Å². The molecule has 2 aromatic heterocycles. The summed E-state index contributed by atoms with van der Waals surface area (Å²) < 4.78 is 8.25. The van der Waals surface area contributed by atoms with Crippen molar-refractivity contribution in [1.82, 2.24) is 19.7 Å². The molecule has 170 valence electrons. The van der Waals surface area contributed by atoms with E-state index in [1.807, 2.05) is 40.8 Å². The summed E-state index contributed by atoms with van der Waals surface area (Å²) >= 11 is 1.68. The van der Waals surface area contributed by atoms with Crippen molar-refractivity contribution < 1.29 is 9.53 Å². The van der Waals surface area contributed by atoms with Gasteiger partial charge in [0.05, 0.1) is 23.2 Å². The molecule has 0 N–H and O–H groups in total. The van der Waals surface area contributed by atoms with E-state index in [9.17, 15) is 4.79 Å². The number of hydrogen-bond donors (Lipinski definition) is 0. The molecule has 0 saturated carbocycles. The summed E-state index contributed by atoms with van der Waals surface area (Å²) in [6, 6.07) is 15.7. The lowest BCUT2D eigenvalue weighted by Gasteiger charge is -2.22. The fraction of sp³-hybridized carbons (Fsp3) is 0.320. The van der Waals surface area contributed by atoms with E-state index in [2.05, 4.69) is 36.1 Å². The van der Waals surface area contributed by atoms with Gasteiger partial charge >= 0.3 is 0 Å². The lowest BCUT2D eigenvalue weighted by molar-refractivity contribution is 0.0767. The van der Waals surface area contributed by atoms with Crippen LogP contribution in [0.15, 0.2) is 48.5 Å². The maximum absolute atomic E-state index is 13.0. The minimum Gasteiger partial charge on any atom is -0.497 e. The Balaban J connectivity index is 1.35. The average Bonchev–Trinajstić information content (AvgIpc) is 3.30. The Morgan fingerprint density at radius 3 is 2.45 bits per heavy atom. The molecule has 2 aromatic carbocycles. The third-order valence-corrected chi connectivity index (χ3v) is 7.26. The second-order valence-corrected chi connectivity index (χ2v) is 9.32. The quantitative estimate of drug-likeness (QED) is 0.449. The Kier molecular flexibility index (Phi) is 5.76. The second kappa shape index (κ2) is 8.86. The van der Waals surface area contributed by atoms with Crippen molar-refractivity contribution in [2.24, 2.45) is 0 Å². The van der Waals surface area contributed by atoms with Crippen LogP contribution >= 0.6 is 11.3 Å². The van der Waals surface area contributed by atoms with Crippen LogP contribution in [0, 0.1) is 13.8 Å². The first-order valence-corrected chi connectivity index (χ1v) is 12.0. The summed E-state index contributed by atoms with van der Waals surface area (Å²) in [7, 11) is 1.63. The first-order valence-electron chi connectivity index (χ1n) is 11.1. The van der Waals surface area contributed by atoms with E-state index >= 15 is 0 Å². The van der Waals surface area contributed by atoms with Gasteiger partial charge in [0.25, 0.3) is 5.91 Å². The zero-order chi connectivity index (χ0) is 22.9. The number of methoxy groups -OCH3 is 1. The molecule has 1 saturated heterocycles. The number of carbonyl (C=O) groups excluding carboxylic acids is 1. The molecule has 5 rings (SSSR count). The third-order valence-electron chi connectivity index (χ3n) is 6.05. The Labute approximate surface area is 197 Å². The van der Waals surface area contributed by atoms with Gasteiger partial charge in [-0.2, -0.15) is 10.1 Å². The van der Waals surface area contributed by atoms with Crippen LogP contribution in [0.4, 0.5) is 5.13 Å². The fourth-order valence-corrected chi connectivity index (χ4v) is 5.19. The summed E-state index contributed by atoms with van der Waals surface area (Å²) in [4.78, 5) is 22.2. The standard InChI is InChI=1S/C25H27N5O2S/c1-17-5-9-20(10-6-17)30-23-22(18(2)27-30)33-25(26-23)29-14-4-13-28(15-16-29)24(31)19-7-11-21(32-3)12-8-19/h5-12H,4,13-16H2,1-3H3. The Morgan fingerprint density at radius 1 is 0.970 bits per heavy atom. The van der Waals surface area contributed by atoms with Crippen molar-refractivity contribution in [2.75, 3.05) is 38.2 Å². The molecular formula is C25H27N5O2S. The minimum absolute atomic E-state index is 0.0645. The molecule has 3 heterocycles. The van der Waals surface area contributed by atoms with Crippen LogP contribution in [0.5, 0.6) is 5.75 Å². The summed E-state index contributed by atoms with van der Waals surface area (Å²) in [5.74, 6) is 0.818. The van der Waals surface area contributed by atoms with E-state index in [4.69, 9.17) is 14.8 Å². The number of nitrogens with zero attached hydrogens (tertiary/aromatic N) is 5. The van der Waals surface area contributed by atoms with Crippen molar-refractivity contribution in [1.29, 1.82) is 0 Å². The lowest BCUT2D eigenvalue weighted by Crippen LogP contribution is -2.35. The highest BCUT2D eigenvalue weighted by Crippen LogP contribution is 2.33. The highest BCUT2D eigenvalue weighted by molar-refractivity contribution is 7.22. The summed E-state index contributed by atoms with van der Waals surface area (Å²) in [6.45, 7) is 7.16.